The van der Waals surface area contributed by atoms with E-state index in [1.807, 2.05) is 30.3 Å². The Morgan fingerprint density at radius 1 is 1.12 bits per heavy atom. The molecule has 3 nitrogen and oxygen atoms in total. The summed E-state index contributed by atoms with van der Waals surface area (Å²) in [5.74, 6) is 0.208. The van der Waals surface area contributed by atoms with Crippen LogP contribution in [0.3, 0.4) is 0 Å². The van der Waals surface area contributed by atoms with E-state index < -0.39 is 0 Å². The van der Waals surface area contributed by atoms with Crippen LogP contribution in [0.4, 0.5) is 5.69 Å². The third-order valence-corrected chi connectivity index (χ3v) is 4.93. The molecule has 1 saturated carbocycles. The average Bonchev–Trinajstić information content (AvgIpc) is 2.59. The van der Waals surface area contributed by atoms with Gasteiger partial charge < -0.3 is 5.11 Å². The molecule has 3 heteroatoms. The van der Waals surface area contributed by atoms with Crippen LogP contribution in [-0.4, -0.2) is 16.6 Å². The van der Waals surface area contributed by atoms with Crippen LogP contribution in [0.25, 0.3) is 10.8 Å². The van der Waals surface area contributed by atoms with Crippen molar-refractivity contribution in [1.82, 2.24) is 0 Å². The van der Waals surface area contributed by atoms with Crippen molar-refractivity contribution in [1.29, 1.82) is 0 Å². The van der Waals surface area contributed by atoms with Gasteiger partial charge in [0.15, 0.2) is 5.78 Å². The SMILES string of the molecule is CCCC/C(O)=C1\C(=O)CC(C)(C)CC1=Nc1cccc2ccccc12. The van der Waals surface area contributed by atoms with Gasteiger partial charge in [0.2, 0.25) is 0 Å². The van der Waals surface area contributed by atoms with E-state index in [4.69, 9.17) is 4.99 Å². The highest BCUT2D eigenvalue weighted by atomic mass is 16.3. The number of aliphatic hydroxyl groups is 1. The molecule has 1 fully saturated rings. The maximum absolute atomic E-state index is 12.8. The van der Waals surface area contributed by atoms with Crippen LogP contribution in [0.2, 0.25) is 0 Å². The number of hydrogen-bond acceptors (Lipinski definition) is 3. The summed E-state index contributed by atoms with van der Waals surface area (Å²) < 4.78 is 0. The first-order valence-electron chi connectivity index (χ1n) is 9.42. The van der Waals surface area contributed by atoms with Crippen LogP contribution < -0.4 is 0 Å². The van der Waals surface area contributed by atoms with E-state index in [9.17, 15) is 9.90 Å². The van der Waals surface area contributed by atoms with Crippen molar-refractivity contribution >= 4 is 28.0 Å². The number of Topliss-reactive ketones (excluding diaryl/α,β-unsaturated/α-hetero) is 1. The zero-order chi connectivity index (χ0) is 18.7. The number of aliphatic hydroxyl groups excluding tert-OH is 1. The first kappa shape index (κ1) is 18.4. The standard InChI is InChI=1S/C23H27NO2/c1-4-5-13-20(25)22-19(14-23(2,3)15-21(22)26)24-18-12-8-10-16-9-6-7-11-17(16)18/h6-12,25H,4-5,13-15H2,1-3H3/b22-20+,24-19?. The van der Waals surface area contributed by atoms with Gasteiger partial charge in [-0.3, -0.25) is 9.79 Å². The van der Waals surface area contributed by atoms with Gasteiger partial charge in [0.1, 0.15) is 5.76 Å². The maximum atomic E-state index is 12.8. The molecular formula is C23H27NO2. The zero-order valence-corrected chi connectivity index (χ0v) is 15.9. The molecule has 2 aromatic rings. The summed E-state index contributed by atoms with van der Waals surface area (Å²) in [4.78, 5) is 17.7. The molecule has 0 saturated heterocycles. The Kier molecular flexibility index (Phi) is 5.26. The monoisotopic (exact) mass is 349 g/mol. The molecule has 26 heavy (non-hydrogen) atoms. The molecule has 0 spiro atoms. The van der Waals surface area contributed by atoms with Crippen LogP contribution in [0.15, 0.2) is 58.8 Å². The van der Waals surface area contributed by atoms with Crippen molar-refractivity contribution in [3.05, 3.63) is 53.8 Å². The lowest BCUT2D eigenvalue weighted by Gasteiger charge is -2.31. The number of fused-ring (bicyclic) bond motifs is 1. The topological polar surface area (TPSA) is 49.7 Å². The second kappa shape index (κ2) is 7.45. The van der Waals surface area contributed by atoms with Gasteiger partial charge in [0.05, 0.1) is 17.0 Å². The number of carbonyl (C=O) groups excluding carboxylic acids is 1. The van der Waals surface area contributed by atoms with Crippen molar-refractivity contribution in [3.8, 4) is 0 Å². The summed E-state index contributed by atoms with van der Waals surface area (Å²) >= 11 is 0. The Labute approximate surface area is 155 Å². The maximum Gasteiger partial charge on any atom is 0.168 e. The highest BCUT2D eigenvalue weighted by Gasteiger charge is 2.36. The minimum absolute atomic E-state index is 0.00818. The molecule has 0 aromatic heterocycles. The largest absolute Gasteiger partial charge is 0.511 e. The van der Waals surface area contributed by atoms with Gasteiger partial charge in [-0.2, -0.15) is 0 Å². The summed E-state index contributed by atoms with van der Waals surface area (Å²) in [6.07, 6.45) is 3.52. The summed E-state index contributed by atoms with van der Waals surface area (Å²) in [7, 11) is 0. The van der Waals surface area contributed by atoms with E-state index in [1.165, 1.54) is 0 Å². The Bertz CT molecular complexity index is 885. The van der Waals surface area contributed by atoms with Gasteiger partial charge in [-0.05, 0) is 29.7 Å². The van der Waals surface area contributed by atoms with Gasteiger partial charge >= 0.3 is 0 Å². The molecule has 3 rings (SSSR count). The van der Waals surface area contributed by atoms with E-state index in [2.05, 4.69) is 32.9 Å². The molecule has 0 unspecified atom stereocenters. The number of ketones is 1. The number of hydrogen-bond donors (Lipinski definition) is 1. The summed E-state index contributed by atoms with van der Waals surface area (Å²) in [6.45, 7) is 6.25. The highest BCUT2D eigenvalue weighted by molar-refractivity contribution is 6.25. The molecule has 0 aliphatic heterocycles. The highest BCUT2D eigenvalue weighted by Crippen LogP contribution is 2.37. The fraction of sp³-hybridized carbons (Fsp3) is 0.391. The van der Waals surface area contributed by atoms with E-state index >= 15 is 0 Å². The minimum atomic E-state index is -0.144. The Morgan fingerprint density at radius 2 is 1.85 bits per heavy atom. The lowest BCUT2D eigenvalue weighted by Crippen LogP contribution is -2.32. The molecule has 0 amide bonds. The van der Waals surface area contributed by atoms with Gasteiger partial charge in [-0.15, -0.1) is 0 Å². The smallest absolute Gasteiger partial charge is 0.168 e. The Balaban J connectivity index is 2.13. The van der Waals surface area contributed by atoms with Crippen molar-refractivity contribution in [3.63, 3.8) is 0 Å². The molecule has 2 aromatic carbocycles. The second-order valence-corrected chi connectivity index (χ2v) is 7.92. The first-order chi connectivity index (χ1) is 12.4. The van der Waals surface area contributed by atoms with Crippen LogP contribution in [-0.2, 0) is 4.79 Å². The Morgan fingerprint density at radius 3 is 2.62 bits per heavy atom. The molecule has 0 radical (unpaired) electrons. The predicted molar refractivity (Wildman–Crippen MR) is 108 cm³/mol. The molecular weight excluding hydrogens is 322 g/mol. The minimum Gasteiger partial charge on any atom is -0.511 e. The van der Waals surface area contributed by atoms with E-state index in [0.29, 0.717) is 24.8 Å². The molecule has 1 N–H and O–H groups in total. The summed E-state index contributed by atoms with van der Waals surface area (Å²) in [6, 6.07) is 14.1. The number of aliphatic imine (C=N–C) groups is 1. The van der Waals surface area contributed by atoms with Crippen molar-refractivity contribution in [2.75, 3.05) is 0 Å². The number of carbonyl (C=O) groups is 1. The second-order valence-electron chi connectivity index (χ2n) is 7.92. The van der Waals surface area contributed by atoms with Crippen molar-refractivity contribution in [2.24, 2.45) is 10.4 Å². The molecule has 136 valence electrons. The quantitative estimate of drug-likeness (QED) is 0.520. The zero-order valence-electron chi connectivity index (χ0n) is 15.9. The van der Waals surface area contributed by atoms with Crippen molar-refractivity contribution < 1.29 is 9.90 Å². The van der Waals surface area contributed by atoms with Gasteiger partial charge in [-0.1, -0.05) is 63.6 Å². The normalized spacial score (nSPS) is 20.6. The Hall–Kier alpha value is -2.42. The van der Waals surface area contributed by atoms with Gasteiger partial charge in [-0.25, -0.2) is 0 Å². The predicted octanol–water partition coefficient (Wildman–Crippen LogP) is 6.30. The number of nitrogens with zero attached hydrogens (tertiary/aromatic N) is 1. The van der Waals surface area contributed by atoms with Crippen LogP contribution >= 0.6 is 0 Å². The summed E-state index contributed by atoms with van der Waals surface area (Å²) in [5.41, 5.74) is 1.88. The molecule has 1 aliphatic rings. The fourth-order valence-electron chi connectivity index (χ4n) is 3.63. The number of unbranched alkanes of at least 4 members (excludes halogenated alkanes) is 1. The molecule has 0 heterocycles. The first-order valence-corrected chi connectivity index (χ1v) is 9.42. The van der Waals surface area contributed by atoms with Crippen LogP contribution in [0.5, 0.6) is 0 Å². The number of rotatable bonds is 4. The lowest BCUT2D eigenvalue weighted by atomic mass is 9.73. The van der Waals surface area contributed by atoms with Gasteiger partial charge in [0, 0.05) is 18.2 Å². The van der Waals surface area contributed by atoms with Crippen LogP contribution in [0.1, 0.15) is 52.9 Å². The third kappa shape index (κ3) is 3.87. The van der Waals surface area contributed by atoms with E-state index in [0.717, 1.165) is 35.0 Å². The molecule has 0 atom stereocenters. The number of allylic oxidation sites excluding steroid dienone is 2. The lowest BCUT2D eigenvalue weighted by molar-refractivity contribution is -0.117. The number of benzene rings is 2. The van der Waals surface area contributed by atoms with Gasteiger partial charge in [0.25, 0.3) is 0 Å². The molecule has 1 aliphatic carbocycles. The summed E-state index contributed by atoms with van der Waals surface area (Å²) in [5, 5.41) is 12.8. The van der Waals surface area contributed by atoms with E-state index in [1.54, 1.807) is 0 Å². The average molecular weight is 349 g/mol. The fourth-order valence-corrected chi connectivity index (χ4v) is 3.63. The third-order valence-electron chi connectivity index (χ3n) is 4.93. The van der Waals surface area contributed by atoms with Crippen molar-refractivity contribution in [2.45, 2.75) is 52.9 Å². The molecule has 0 bridgehead atoms. The van der Waals surface area contributed by atoms with Crippen LogP contribution in [0, 0.1) is 5.41 Å². The van der Waals surface area contributed by atoms with E-state index in [-0.39, 0.29) is 17.0 Å².